The van der Waals surface area contributed by atoms with E-state index >= 15 is 0 Å². The van der Waals surface area contributed by atoms with Crippen LogP contribution in [0.5, 0.6) is 0 Å². The van der Waals surface area contributed by atoms with Crippen LogP contribution in [0.2, 0.25) is 0 Å². The van der Waals surface area contributed by atoms with E-state index in [4.69, 9.17) is 5.26 Å². The molecule has 0 atom stereocenters. The topological polar surface area (TPSA) is 23.8 Å². The van der Waals surface area contributed by atoms with Crippen molar-refractivity contribution in [1.82, 2.24) is 0 Å². The third-order valence-electron chi connectivity index (χ3n) is 1.73. The van der Waals surface area contributed by atoms with Crippen LogP contribution in [0.15, 0.2) is 30.3 Å². The number of benzene rings is 1. The Kier molecular flexibility index (Phi) is 2.76. The maximum absolute atomic E-state index is 12.2. The Bertz CT molecular complexity index is 384. The third kappa shape index (κ3) is 1.91. The second-order valence-electron chi connectivity index (χ2n) is 2.54. The van der Waals surface area contributed by atoms with Gasteiger partial charge in [-0.25, -0.2) is 0 Å². The molecule has 1 aromatic carbocycles. The average Bonchev–Trinajstić information content (AvgIpc) is 2.16. The number of rotatable bonds is 1. The van der Waals surface area contributed by atoms with E-state index in [2.05, 4.69) is 0 Å². The number of halogens is 2. The van der Waals surface area contributed by atoms with Gasteiger partial charge < -0.3 is 0 Å². The van der Waals surface area contributed by atoms with Crippen molar-refractivity contribution in [2.75, 3.05) is 0 Å². The first-order chi connectivity index (χ1) is 6.16. The molecule has 1 aromatic rings. The SMILES string of the molecule is CC(=C(F)F)c1ccccc1C#N. The van der Waals surface area contributed by atoms with Crippen molar-refractivity contribution in [1.29, 1.82) is 5.26 Å². The Balaban J connectivity index is 3.32. The molecular formula is C10H7F2N. The molecule has 0 amide bonds. The second-order valence-corrected chi connectivity index (χ2v) is 2.54. The van der Waals surface area contributed by atoms with Crippen LogP contribution in [0.4, 0.5) is 8.78 Å². The number of nitriles is 1. The van der Waals surface area contributed by atoms with Crippen LogP contribution in [-0.4, -0.2) is 0 Å². The minimum atomic E-state index is -1.75. The van der Waals surface area contributed by atoms with Crippen LogP contribution in [-0.2, 0) is 0 Å². The van der Waals surface area contributed by atoms with E-state index in [1.165, 1.54) is 19.1 Å². The highest BCUT2D eigenvalue weighted by Gasteiger charge is 2.07. The van der Waals surface area contributed by atoms with Gasteiger partial charge in [0.1, 0.15) is 0 Å². The number of nitrogens with zero attached hydrogens (tertiary/aromatic N) is 1. The van der Waals surface area contributed by atoms with Crippen molar-refractivity contribution in [2.24, 2.45) is 0 Å². The van der Waals surface area contributed by atoms with E-state index in [0.717, 1.165) is 0 Å². The van der Waals surface area contributed by atoms with Gasteiger partial charge in [-0.15, -0.1) is 0 Å². The fraction of sp³-hybridized carbons (Fsp3) is 0.100. The van der Waals surface area contributed by atoms with Gasteiger partial charge >= 0.3 is 0 Å². The summed E-state index contributed by atoms with van der Waals surface area (Å²) in [7, 11) is 0. The van der Waals surface area contributed by atoms with Crippen LogP contribution in [0.3, 0.4) is 0 Å². The zero-order valence-corrected chi connectivity index (χ0v) is 7.01. The highest BCUT2D eigenvalue weighted by molar-refractivity contribution is 5.69. The fourth-order valence-corrected chi connectivity index (χ4v) is 1.01. The van der Waals surface area contributed by atoms with E-state index < -0.39 is 6.08 Å². The summed E-state index contributed by atoms with van der Waals surface area (Å²) in [6.07, 6.45) is -1.75. The van der Waals surface area contributed by atoms with Crippen molar-refractivity contribution in [3.63, 3.8) is 0 Å². The van der Waals surface area contributed by atoms with E-state index in [-0.39, 0.29) is 11.1 Å². The average molecular weight is 179 g/mol. The minimum Gasteiger partial charge on any atom is -0.192 e. The highest BCUT2D eigenvalue weighted by Crippen LogP contribution is 2.22. The molecule has 0 bridgehead atoms. The molecule has 13 heavy (non-hydrogen) atoms. The monoisotopic (exact) mass is 179 g/mol. The lowest BCUT2D eigenvalue weighted by Gasteiger charge is -2.01. The first-order valence-corrected chi connectivity index (χ1v) is 3.68. The molecular weight excluding hydrogens is 172 g/mol. The van der Waals surface area contributed by atoms with Crippen molar-refractivity contribution < 1.29 is 8.78 Å². The predicted octanol–water partition coefficient (Wildman–Crippen LogP) is 3.19. The van der Waals surface area contributed by atoms with Gasteiger partial charge in [0, 0.05) is 11.1 Å². The van der Waals surface area contributed by atoms with Crippen LogP contribution in [0.1, 0.15) is 18.1 Å². The number of allylic oxidation sites excluding steroid dienone is 1. The van der Waals surface area contributed by atoms with Gasteiger partial charge in [0.15, 0.2) is 0 Å². The summed E-state index contributed by atoms with van der Waals surface area (Å²) in [4.78, 5) is 0. The molecule has 0 fully saturated rings. The van der Waals surface area contributed by atoms with Gasteiger partial charge in [-0.05, 0) is 13.0 Å². The van der Waals surface area contributed by atoms with Crippen molar-refractivity contribution in [3.05, 3.63) is 41.5 Å². The summed E-state index contributed by atoms with van der Waals surface area (Å²) < 4.78 is 24.4. The van der Waals surface area contributed by atoms with Crippen LogP contribution in [0, 0.1) is 11.3 Å². The lowest BCUT2D eigenvalue weighted by molar-refractivity contribution is 0.425. The van der Waals surface area contributed by atoms with E-state index in [9.17, 15) is 8.78 Å². The zero-order valence-electron chi connectivity index (χ0n) is 7.01. The molecule has 1 nitrogen and oxygen atoms in total. The molecule has 0 aromatic heterocycles. The normalized spacial score (nSPS) is 9.08. The molecule has 0 saturated carbocycles. The van der Waals surface area contributed by atoms with E-state index in [0.29, 0.717) is 5.56 Å². The fourth-order valence-electron chi connectivity index (χ4n) is 1.01. The predicted molar refractivity (Wildman–Crippen MR) is 46.0 cm³/mol. The van der Waals surface area contributed by atoms with Gasteiger partial charge in [0.25, 0.3) is 6.08 Å². The number of hydrogen-bond acceptors (Lipinski definition) is 1. The molecule has 1 rings (SSSR count). The smallest absolute Gasteiger partial charge is 0.192 e. The summed E-state index contributed by atoms with van der Waals surface area (Å²) >= 11 is 0. The summed E-state index contributed by atoms with van der Waals surface area (Å²) in [5, 5.41) is 8.63. The Hall–Kier alpha value is -1.69. The molecule has 0 saturated heterocycles. The van der Waals surface area contributed by atoms with Crippen LogP contribution >= 0.6 is 0 Å². The Labute approximate surface area is 74.9 Å². The highest BCUT2D eigenvalue weighted by atomic mass is 19.3. The van der Waals surface area contributed by atoms with Gasteiger partial charge in [-0.3, -0.25) is 0 Å². The molecule has 0 N–H and O–H groups in total. The summed E-state index contributed by atoms with van der Waals surface area (Å²) in [5.41, 5.74) is 0.426. The first-order valence-electron chi connectivity index (χ1n) is 3.68. The molecule has 0 aliphatic heterocycles. The quantitative estimate of drug-likeness (QED) is 0.649. The molecule has 0 radical (unpaired) electrons. The second kappa shape index (κ2) is 3.81. The summed E-state index contributed by atoms with van der Waals surface area (Å²) in [6.45, 7) is 1.30. The van der Waals surface area contributed by atoms with E-state index in [1.54, 1.807) is 12.1 Å². The molecule has 3 heteroatoms. The van der Waals surface area contributed by atoms with Crippen molar-refractivity contribution in [2.45, 2.75) is 6.92 Å². The van der Waals surface area contributed by atoms with Gasteiger partial charge in [0.05, 0.1) is 11.6 Å². The third-order valence-corrected chi connectivity index (χ3v) is 1.73. The Morgan fingerprint density at radius 2 is 1.92 bits per heavy atom. The van der Waals surface area contributed by atoms with Gasteiger partial charge in [-0.1, -0.05) is 18.2 Å². The lowest BCUT2D eigenvalue weighted by atomic mass is 10.0. The first kappa shape index (κ1) is 9.40. The molecule has 0 spiro atoms. The van der Waals surface area contributed by atoms with Crippen LogP contribution < -0.4 is 0 Å². The van der Waals surface area contributed by atoms with Crippen LogP contribution in [0.25, 0.3) is 5.57 Å². The maximum Gasteiger partial charge on any atom is 0.273 e. The van der Waals surface area contributed by atoms with Crippen molar-refractivity contribution in [3.8, 4) is 6.07 Å². The lowest BCUT2D eigenvalue weighted by Crippen LogP contribution is -1.86. The molecule has 0 heterocycles. The van der Waals surface area contributed by atoms with Gasteiger partial charge in [0.2, 0.25) is 0 Å². The molecule has 0 aliphatic carbocycles. The summed E-state index contributed by atoms with van der Waals surface area (Å²) in [6, 6.07) is 8.16. The van der Waals surface area contributed by atoms with Crippen molar-refractivity contribution >= 4 is 5.57 Å². The Morgan fingerprint density at radius 1 is 1.31 bits per heavy atom. The molecule has 0 aliphatic rings. The largest absolute Gasteiger partial charge is 0.273 e. The minimum absolute atomic E-state index is 0.142. The maximum atomic E-state index is 12.2. The number of hydrogen-bond donors (Lipinski definition) is 0. The zero-order chi connectivity index (χ0) is 9.84. The Morgan fingerprint density at radius 3 is 2.46 bits per heavy atom. The van der Waals surface area contributed by atoms with E-state index in [1.807, 2.05) is 6.07 Å². The summed E-state index contributed by atoms with van der Waals surface area (Å²) in [5.74, 6) is 0. The molecule has 0 unspecified atom stereocenters. The molecule has 66 valence electrons. The standard InChI is InChI=1S/C10H7F2N/c1-7(10(11)12)9-5-3-2-4-8(9)6-13/h2-5H,1H3. The van der Waals surface area contributed by atoms with Gasteiger partial charge in [-0.2, -0.15) is 14.0 Å².